The fourth-order valence-electron chi connectivity index (χ4n) is 10.5. The highest BCUT2D eigenvalue weighted by molar-refractivity contribution is 5.76. The van der Waals surface area contributed by atoms with E-state index in [2.05, 4.69) is 55.6 Å². The van der Waals surface area contributed by atoms with Gasteiger partial charge in [0.05, 0.1) is 32.0 Å². The van der Waals surface area contributed by atoms with Crippen LogP contribution in [0.2, 0.25) is 0 Å². The third-order valence-corrected chi connectivity index (χ3v) is 15.6. The lowest BCUT2D eigenvalue weighted by molar-refractivity contribution is -0.359. The van der Waals surface area contributed by atoms with E-state index in [1.54, 1.807) is 0 Å². The number of carbonyl (C=O) groups is 1. The van der Waals surface area contributed by atoms with Gasteiger partial charge in [0.2, 0.25) is 5.91 Å². The van der Waals surface area contributed by atoms with Crippen molar-refractivity contribution in [3.63, 3.8) is 0 Å². The quantitative estimate of drug-likeness (QED) is 0.0204. The van der Waals surface area contributed by atoms with Crippen LogP contribution in [0.25, 0.3) is 0 Å². The molecule has 0 spiro atoms. The van der Waals surface area contributed by atoms with Crippen LogP contribution in [0, 0.1) is 0 Å². The maximum atomic E-state index is 13.3. The molecule has 2 aliphatic heterocycles. The first-order valence-corrected chi connectivity index (χ1v) is 31.7. The zero-order valence-corrected chi connectivity index (χ0v) is 48.7. The Hall–Kier alpha value is -1.79. The summed E-state index contributed by atoms with van der Waals surface area (Å²) >= 11 is 0. The number of rotatable bonds is 51. The van der Waals surface area contributed by atoms with E-state index in [0.29, 0.717) is 12.8 Å². The molecule has 14 heteroatoms. The van der Waals surface area contributed by atoms with Crippen molar-refractivity contribution in [2.45, 2.75) is 338 Å². The van der Waals surface area contributed by atoms with Crippen LogP contribution in [-0.4, -0.2) is 140 Å². The van der Waals surface area contributed by atoms with E-state index in [9.17, 15) is 45.6 Å². The number of hydrogen-bond acceptors (Lipinski definition) is 13. The highest BCUT2D eigenvalue weighted by atomic mass is 16.7. The Morgan fingerprint density at radius 3 is 1.31 bits per heavy atom. The molecule has 2 rings (SSSR count). The Labute approximate surface area is 468 Å². The molecule has 14 nitrogen and oxygen atoms in total. The number of allylic oxidation sites excluding steroid dienone is 6. The fraction of sp³-hybridized carbons (Fsp3) is 0.889. The molecule has 452 valence electrons. The number of hydrogen-bond donors (Lipinski definition) is 9. The SMILES string of the molecule is CCCCCCC/C=C\C/C=C\C/C=C\CCCCCCCCCCCCCCCCC(=O)NC(COC1OC(CO)C(OC2OC(CO)C(O)C(O)C2O)C(O)C1O)C(O)CCCCCCCCCCCCCCCC. The number of aliphatic hydroxyl groups excluding tert-OH is 8. The predicted molar refractivity (Wildman–Crippen MR) is 309 cm³/mol. The molecule has 77 heavy (non-hydrogen) atoms. The standard InChI is InChI=1S/C63H117NO13/c1-3-5-7-9-11-13-15-17-19-20-21-22-23-24-25-26-27-28-29-30-31-32-33-35-37-39-41-43-45-47-55(68)64-51(52(67)46-44-42-40-38-36-34-18-16-14-12-10-8-6-4-2)50-74-62-60(73)58(71)61(54(49-66)76-62)77-63-59(72)57(70)56(69)53(48-65)75-63/h15,17,20-21,23-24,51-54,56-63,65-67,69-73H,3-14,16,18-19,22,25-50H2,1-2H3,(H,64,68)/b17-15-,21-20-,24-23-. The van der Waals surface area contributed by atoms with Gasteiger partial charge in [0, 0.05) is 6.42 Å². The third-order valence-electron chi connectivity index (χ3n) is 15.6. The van der Waals surface area contributed by atoms with Gasteiger partial charge in [0.1, 0.15) is 48.8 Å². The first-order chi connectivity index (χ1) is 37.6. The van der Waals surface area contributed by atoms with Gasteiger partial charge in [-0.15, -0.1) is 0 Å². The van der Waals surface area contributed by atoms with Gasteiger partial charge in [0.15, 0.2) is 12.6 Å². The first kappa shape index (κ1) is 71.3. The van der Waals surface area contributed by atoms with E-state index in [1.165, 1.54) is 173 Å². The Morgan fingerprint density at radius 2 is 0.857 bits per heavy atom. The minimum absolute atomic E-state index is 0.206. The summed E-state index contributed by atoms with van der Waals surface area (Å²) in [5, 5.41) is 87.3. The smallest absolute Gasteiger partial charge is 0.220 e. The molecule has 0 radical (unpaired) electrons. The van der Waals surface area contributed by atoms with Crippen molar-refractivity contribution in [3.8, 4) is 0 Å². The fourth-order valence-corrected chi connectivity index (χ4v) is 10.5. The van der Waals surface area contributed by atoms with Crippen LogP contribution >= 0.6 is 0 Å². The summed E-state index contributed by atoms with van der Waals surface area (Å²) in [6.07, 6.45) is 42.9. The molecule has 2 heterocycles. The van der Waals surface area contributed by atoms with Crippen LogP contribution in [0.15, 0.2) is 36.5 Å². The van der Waals surface area contributed by atoms with E-state index in [4.69, 9.17) is 18.9 Å². The van der Waals surface area contributed by atoms with Crippen molar-refractivity contribution in [1.29, 1.82) is 0 Å². The lowest BCUT2D eigenvalue weighted by Gasteiger charge is -2.46. The van der Waals surface area contributed by atoms with Gasteiger partial charge in [-0.25, -0.2) is 0 Å². The van der Waals surface area contributed by atoms with Crippen molar-refractivity contribution >= 4 is 5.91 Å². The van der Waals surface area contributed by atoms with Crippen molar-refractivity contribution in [2.75, 3.05) is 19.8 Å². The topological polar surface area (TPSA) is 228 Å². The largest absolute Gasteiger partial charge is 0.394 e. The lowest BCUT2D eigenvalue weighted by atomic mass is 9.97. The summed E-state index contributed by atoms with van der Waals surface area (Å²) in [6, 6.07) is -0.828. The van der Waals surface area contributed by atoms with Crippen LogP contribution in [0.4, 0.5) is 0 Å². The molecule has 12 unspecified atom stereocenters. The number of amides is 1. The molecule has 1 amide bonds. The highest BCUT2D eigenvalue weighted by Crippen LogP contribution is 2.30. The molecule has 0 saturated carbocycles. The molecule has 2 fully saturated rings. The molecule has 0 aromatic heterocycles. The molecular weight excluding hydrogens is 979 g/mol. The molecule has 2 aliphatic rings. The highest BCUT2D eigenvalue weighted by Gasteiger charge is 2.51. The Balaban J connectivity index is 1.67. The summed E-state index contributed by atoms with van der Waals surface area (Å²) < 4.78 is 22.8. The Morgan fingerprint density at radius 1 is 0.468 bits per heavy atom. The summed E-state index contributed by atoms with van der Waals surface area (Å²) in [5.74, 6) is -0.206. The lowest BCUT2D eigenvalue weighted by Crippen LogP contribution is -2.65. The molecular formula is C63H117NO13. The molecule has 0 aromatic rings. The zero-order chi connectivity index (χ0) is 56.0. The number of ether oxygens (including phenoxy) is 4. The first-order valence-electron chi connectivity index (χ1n) is 31.7. The van der Waals surface area contributed by atoms with E-state index < -0.39 is 86.8 Å². The molecule has 9 N–H and O–H groups in total. The number of unbranched alkanes of at least 4 members (excludes halogenated alkanes) is 32. The summed E-state index contributed by atoms with van der Waals surface area (Å²) in [4.78, 5) is 13.3. The van der Waals surface area contributed by atoms with Gasteiger partial charge < -0.3 is 65.1 Å². The van der Waals surface area contributed by atoms with E-state index >= 15 is 0 Å². The van der Waals surface area contributed by atoms with Crippen LogP contribution in [0.3, 0.4) is 0 Å². The van der Waals surface area contributed by atoms with Crippen LogP contribution in [-0.2, 0) is 23.7 Å². The number of nitrogens with one attached hydrogen (secondary N) is 1. The van der Waals surface area contributed by atoms with Gasteiger partial charge >= 0.3 is 0 Å². The second-order valence-corrected chi connectivity index (χ2v) is 22.5. The van der Waals surface area contributed by atoms with Gasteiger partial charge in [-0.3, -0.25) is 4.79 Å². The second kappa shape index (κ2) is 48.9. The molecule has 0 aliphatic carbocycles. The van der Waals surface area contributed by atoms with Crippen molar-refractivity contribution in [3.05, 3.63) is 36.5 Å². The maximum Gasteiger partial charge on any atom is 0.220 e. The molecule has 0 aromatic carbocycles. The van der Waals surface area contributed by atoms with Crippen molar-refractivity contribution < 1.29 is 64.6 Å². The monoisotopic (exact) mass is 1100 g/mol. The average Bonchev–Trinajstić information content (AvgIpc) is 3.43. The van der Waals surface area contributed by atoms with Gasteiger partial charge in [-0.1, -0.05) is 243 Å². The Bertz CT molecular complexity index is 1430. The van der Waals surface area contributed by atoms with E-state index in [-0.39, 0.29) is 12.5 Å². The van der Waals surface area contributed by atoms with Gasteiger partial charge in [0.25, 0.3) is 0 Å². The molecule has 0 bridgehead atoms. The predicted octanol–water partition coefficient (Wildman–Crippen LogP) is 11.4. The minimum Gasteiger partial charge on any atom is -0.394 e. The summed E-state index contributed by atoms with van der Waals surface area (Å²) in [5.41, 5.74) is 0. The van der Waals surface area contributed by atoms with Gasteiger partial charge in [-0.2, -0.15) is 0 Å². The second-order valence-electron chi connectivity index (χ2n) is 22.5. The number of aliphatic hydroxyl groups is 8. The summed E-state index contributed by atoms with van der Waals surface area (Å²) in [6.45, 7) is 2.86. The van der Waals surface area contributed by atoms with E-state index in [0.717, 1.165) is 64.2 Å². The normalized spacial score (nSPS) is 24.9. The average molecular weight is 1100 g/mol. The molecule has 2 saturated heterocycles. The van der Waals surface area contributed by atoms with Crippen LogP contribution in [0.5, 0.6) is 0 Å². The maximum absolute atomic E-state index is 13.3. The van der Waals surface area contributed by atoms with Crippen molar-refractivity contribution in [1.82, 2.24) is 5.32 Å². The van der Waals surface area contributed by atoms with Crippen molar-refractivity contribution in [2.24, 2.45) is 0 Å². The Kier molecular flexibility index (Phi) is 45.3. The third kappa shape index (κ3) is 34.3. The van der Waals surface area contributed by atoms with Gasteiger partial charge in [-0.05, 0) is 51.4 Å². The summed E-state index contributed by atoms with van der Waals surface area (Å²) in [7, 11) is 0. The van der Waals surface area contributed by atoms with E-state index in [1.807, 2.05) is 0 Å². The molecule has 12 atom stereocenters. The minimum atomic E-state index is -1.78. The zero-order valence-electron chi connectivity index (χ0n) is 48.7. The number of carbonyl (C=O) groups excluding carboxylic acids is 1. The van der Waals surface area contributed by atoms with Crippen LogP contribution < -0.4 is 5.32 Å². The van der Waals surface area contributed by atoms with Crippen LogP contribution in [0.1, 0.15) is 264 Å².